The molecule has 0 aliphatic carbocycles. The average molecular weight is 1010 g/mol. The molecule has 2 aliphatic rings. The minimum Gasteiger partial charge on any atom is -0.468 e. The number of rotatable bonds is 6. The lowest BCUT2D eigenvalue weighted by Gasteiger charge is -2.42. The molecule has 376 valence electrons. The largest absolute Gasteiger partial charge is 0.468 e. The van der Waals surface area contributed by atoms with Crippen LogP contribution in [0.15, 0.2) is 224 Å². The van der Waals surface area contributed by atoms with Crippen molar-refractivity contribution in [3.05, 3.63) is 223 Å². The van der Waals surface area contributed by atoms with Crippen LogP contribution in [-0.2, 0) is 10.8 Å². The molecule has 0 saturated carbocycles. The van der Waals surface area contributed by atoms with E-state index in [1.165, 1.54) is 11.1 Å². The molecule has 6 nitrogen and oxygen atoms in total. The Labute approximate surface area is 453 Å². The molecule has 0 N–H and O–H groups in total. The number of hydrogen-bond acceptors (Lipinski definition) is 6. The first-order valence-corrected chi connectivity index (χ1v) is 27.1. The van der Waals surface area contributed by atoms with Gasteiger partial charge in [0.15, 0.2) is 0 Å². The Morgan fingerprint density at radius 1 is 0.359 bits per heavy atom. The zero-order valence-electron chi connectivity index (χ0n) is 44.7. The maximum Gasteiger partial charge on any atom is 0.342 e. The average Bonchev–Trinajstić information content (AvgIpc) is 3.34. The molecule has 13 aromatic rings. The Morgan fingerprint density at radius 2 is 0.782 bits per heavy atom. The van der Waals surface area contributed by atoms with Gasteiger partial charge in [-0.15, -0.1) is 0 Å². The summed E-state index contributed by atoms with van der Waals surface area (Å²) in [6.07, 6.45) is 0. The molecule has 4 aromatic heterocycles. The fourth-order valence-corrected chi connectivity index (χ4v) is 12.3. The standard InChI is InChI=1S/C71H55BN2O4/c1-42-34-57-65-58(35-42)74(56-31-27-48(37-52(56)44-20-12-9-13-21-44)64-39-46-23-15-17-25-60(46)76-64)67-54-41-50(71(5,6)7)29-33-62(54)78-69(67)72(65)68-66(53-40-49(70(2,3)4)28-32-61(53)77-68)73(57)55-30-26-47(36-51(55)43-18-10-8-11-19-43)63-38-45-22-14-16-24-59(45)75-63/h8-41H,1-7H3. The van der Waals surface area contributed by atoms with Gasteiger partial charge in [0.1, 0.15) is 45.2 Å². The normalized spacial score (nSPS) is 13.2. The lowest BCUT2D eigenvalue weighted by Crippen LogP contribution is -2.60. The van der Waals surface area contributed by atoms with Crippen molar-refractivity contribution in [3.63, 3.8) is 0 Å². The molecule has 78 heavy (non-hydrogen) atoms. The summed E-state index contributed by atoms with van der Waals surface area (Å²) in [4.78, 5) is 4.99. The van der Waals surface area contributed by atoms with Crippen molar-refractivity contribution in [3.8, 4) is 44.9 Å². The fraction of sp³-hybridized carbons (Fsp3) is 0.127. The van der Waals surface area contributed by atoms with E-state index < -0.39 is 6.71 Å². The summed E-state index contributed by atoms with van der Waals surface area (Å²) in [5, 5.41) is 4.24. The van der Waals surface area contributed by atoms with Gasteiger partial charge in [-0.05, 0) is 148 Å². The Kier molecular flexibility index (Phi) is 10.00. The van der Waals surface area contributed by atoms with Crippen molar-refractivity contribution in [1.82, 2.24) is 0 Å². The van der Waals surface area contributed by atoms with Gasteiger partial charge >= 0.3 is 6.71 Å². The topological polar surface area (TPSA) is 59.0 Å². The lowest BCUT2D eigenvalue weighted by molar-refractivity contribution is 0.590. The first-order chi connectivity index (χ1) is 37.8. The third-order valence-corrected chi connectivity index (χ3v) is 16.2. The highest BCUT2D eigenvalue weighted by Gasteiger charge is 2.50. The third kappa shape index (κ3) is 7.17. The van der Waals surface area contributed by atoms with Crippen LogP contribution in [0, 0.1) is 6.92 Å². The van der Waals surface area contributed by atoms with Gasteiger partial charge < -0.3 is 27.5 Å². The summed E-state index contributed by atoms with van der Waals surface area (Å²) in [7, 11) is 0. The van der Waals surface area contributed by atoms with E-state index in [0.717, 1.165) is 145 Å². The van der Waals surface area contributed by atoms with Gasteiger partial charge in [0.2, 0.25) is 0 Å². The van der Waals surface area contributed by atoms with E-state index in [1.807, 2.05) is 24.3 Å². The monoisotopic (exact) mass is 1010 g/mol. The van der Waals surface area contributed by atoms with Crippen LogP contribution < -0.4 is 26.6 Å². The molecule has 0 spiro atoms. The van der Waals surface area contributed by atoms with Gasteiger partial charge in [0.05, 0.1) is 22.7 Å². The van der Waals surface area contributed by atoms with Crippen LogP contribution >= 0.6 is 0 Å². The van der Waals surface area contributed by atoms with Crippen molar-refractivity contribution in [1.29, 1.82) is 0 Å². The minimum atomic E-state index is -0.408. The summed E-state index contributed by atoms with van der Waals surface area (Å²) in [6.45, 7) is 15.5. The highest BCUT2D eigenvalue weighted by atomic mass is 16.4. The molecular weight excluding hydrogens is 956 g/mol. The zero-order valence-corrected chi connectivity index (χ0v) is 44.7. The molecule has 0 saturated heterocycles. The minimum absolute atomic E-state index is 0.124. The first-order valence-electron chi connectivity index (χ1n) is 27.1. The van der Waals surface area contributed by atoms with E-state index in [-0.39, 0.29) is 10.8 Å². The van der Waals surface area contributed by atoms with Crippen LogP contribution in [0.1, 0.15) is 58.2 Å². The summed E-state index contributed by atoms with van der Waals surface area (Å²) in [5.74, 6) is 1.64. The number of furan rings is 4. The highest BCUT2D eigenvalue weighted by molar-refractivity contribution is 6.99. The van der Waals surface area contributed by atoms with E-state index in [4.69, 9.17) is 17.7 Å². The fourth-order valence-electron chi connectivity index (χ4n) is 12.3. The number of benzene rings is 9. The second-order valence-electron chi connectivity index (χ2n) is 23.4. The van der Waals surface area contributed by atoms with E-state index in [1.54, 1.807) is 0 Å². The molecule has 2 aliphatic heterocycles. The summed E-state index contributed by atoms with van der Waals surface area (Å²) >= 11 is 0. The van der Waals surface area contributed by atoms with Gasteiger partial charge in [-0.1, -0.05) is 151 Å². The maximum atomic E-state index is 7.47. The molecule has 7 heteroatoms. The van der Waals surface area contributed by atoms with Crippen LogP contribution in [0.3, 0.4) is 0 Å². The quantitative estimate of drug-likeness (QED) is 0.155. The van der Waals surface area contributed by atoms with E-state index >= 15 is 0 Å². The SMILES string of the molecule is Cc1cc2c3c(c1)N(c1ccc(-c4cc5ccccc5o4)cc1-c1ccccc1)c1c(oc4ccc(C(C)(C)C)cc14)B3c1oc3ccc(C(C)(C)C)cc3c1N2c1ccc(-c2cc3ccccc3o2)cc1-c1ccccc1. The van der Waals surface area contributed by atoms with E-state index in [2.05, 4.69) is 240 Å². The number of fused-ring (bicyclic) bond motifs is 10. The van der Waals surface area contributed by atoms with Crippen molar-refractivity contribution in [2.45, 2.75) is 59.3 Å². The van der Waals surface area contributed by atoms with E-state index in [0.29, 0.717) is 0 Å². The Hall–Kier alpha value is -9.20. The molecule has 15 rings (SSSR count). The number of para-hydroxylation sites is 2. The second kappa shape index (κ2) is 16.9. The van der Waals surface area contributed by atoms with Crippen molar-refractivity contribution in [2.24, 2.45) is 0 Å². The number of aryl methyl sites for hydroxylation is 1. The molecule has 0 unspecified atom stereocenters. The Balaban J connectivity index is 1.05. The molecular formula is C71H55BN2O4. The van der Waals surface area contributed by atoms with Crippen molar-refractivity contribution in [2.75, 3.05) is 9.80 Å². The van der Waals surface area contributed by atoms with Crippen LogP contribution in [0.5, 0.6) is 0 Å². The molecule has 9 aromatic carbocycles. The predicted octanol–water partition coefficient (Wildman–Crippen LogP) is 18.3. The second-order valence-corrected chi connectivity index (χ2v) is 23.4. The molecule has 0 fully saturated rings. The summed E-state index contributed by atoms with van der Waals surface area (Å²) in [6, 6.07) is 74.1. The van der Waals surface area contributed by atoms with Crippen molar-refractivity contribution >= 4 is 101 Å². The number of hydrogen-bond donors (Lipinski definition) is 0. The first kappa shape index (κ1) is 46.1. The van der Waals surface area contributed by atoms with Crippen LogP contribution in [0.4, 0.5) is 34.1 Å². The van der Waals surface area contributed by atoms with Crippen LogP contribution in [0.25, 0.3) is 88.8 Å². The van der Waals surface area contributed by atoms with E-state index in [9.17, 15) is 0 Å². The van der Waals surface area contributed by atoms with Gasteiger partial charge in [-0.2, -0.15) is 0 Å². The molecule has 0 bridgehead atoms. The molecule has 0 amide bonds. The van der Waals surface area contributed by atoms with Gasteiger partial charge in [0.25, 0.3) is 0 Å². The summed E-state index contributed by atoms with van der Waals surface area (Å²) in [5.41, 5.74) is 22.0. The van der Waals surface area contributed by atoms with Gasteiger partial charge in [-0.3, -0.25) is 0 Å². The van der Waals surface area contributed by atoms with Gasteiger partial charge in [0, 0.05) is 55.2 Å². The molecule has 0 atom stereocenters. The smallest absolute Gasteiger partial charge is 0.342 e. The maximum absolute atomic E-state index is 7.47. The lowest BCUT2D eigenvalue weighted by atomic mass is 9.37. The third-order valence-electron chi connectivity index (χ3n) is 16.2. The Bertz CT molecular complexity index is 4210. The highest BCUT2D eigenvalue weighted by Crippen LogP contribution is 2.53. The number of anilines is 6. The number of nitrogens with zero attached hydrogens (tertiary/aromatic N) is 2. The van der Waals surface area contributed by atoms with Gasteiger partial charge in [-0.25, -0.2) is 0 Å². The Morgan fingerprint density at radius 3 is 1.21 bits per heavy atom. The molecule has 0 radical (unpaired) electrons. The van der Waals surface area contributed by atoms with Crippen molar-refractivity contribution < 1.29 is 17.7 Å². The van der Waals surface area contributed by atoms with Crippen LogP contribution in [0.2, 0.25) is 0 Å². The molecule has 6 heterocycles. The van der Waals surface area contributed by atoms with Crippen LogP contribution in [-0.4, -0.2) is 6.71 Å². The summed E-state index contributed by atoms with van der Waals surface area (Å²) < 4.78 is 28.1. The predicted molar refractivity (Wildman–Crippen MR) is 323 cm³/mol. The zero-order chi connectivity index (χ0) is 52.8.